The van der Waals surface area contributed by atoms with Gasteiger partial charge < -0.3 is 24.4 Å². The first kappa shape index (κ1) is 22.4. The summed E-state index contributed by atoms with van der Waals surface area (Å²) in [5.41, 5.74) is 2.72. The summed E-state index contributed by atoms with van der Waals surface area (Å²) in [4.78, 5) is 32.0. The van der Waals surface area contributed by atoms with E-state index in [1.54, 1.807) is 14.0 Å². The fourth-order valence-electron chi connectivity index (χ4n) is 4.10. The molecule has 170 valence electrons. The molecule has 8 nitrogen and oxygen atoms in total. The number of rotatable bonds is 7. The summed E-state index contributed by atoms with van der Waals surface area (Å²) in [7, 11) is 2.97. The van der Waals surface area contributed by atoms with Crippen LogP contribution >= 0.6 is 11.8 Å². The quantitative estimate of drug-likeness (QED) is 0.629. The van der Waals surface area contributed by atoms with E-state index in [2.05, 4.69) is 10.3 Å². The Hall–Kier alpha value is -2.78. The van der Waals surface area contributed by atoms with Crippen molar-refractivity contribution >= 4 is 28.8 Å². The molecule has 9 heteroatoms. The van der Waals surface area contributed by atoms with Crippen LogP contribution < -0.4 is 10.1 Å². The van der Waals surface area contributed by atoms with Crippen LogP contribution in [0.1, 0.15) is 37.8 Å². The van der Waals surface area contributed by atoms with E-state index < -0.39 is 12.0 Å². The van der Waals surface area contributed by atoms with Crippen LogP contribution in [0, 0.1) is 0 Å². The Morgan fingerprint density at radius 2 is 2.06 bits per heavy atom. The van der Waals surface area contributed by atoms with Gasteiger partial charge in [0.1, 0.15) is 5.75 Å². The number of hydrogen-bond donors (Lipinski definition) is 1. The fraction of sp³-hybridized carbons (Fsp3) is 0.435. The van der Waals surface area contributed by atoms with Crippen LogP contribution in [-0.2, 0) is 19.1 Å². The van der Waals surface area contributed by atoms with Gasteiger partial charge in [0.2, 0.25) is 5.91 Å². The second-order valence-corrected chi connectivity index (χ2v) is 8.61. The molecule has 2 atom stereocenters. The lowest BCUT2D eigenvalue weighted by Crippen LogP contribution is -2.38. The summed E-state index contributed by atoms with van der Waals surface area (Å²) < 4.78 is 15.9. The summed E-state index contributed by atoms with van der Waals surface area (Å²) in [5.74, 6) is 0.192. The van der Waals surface area contributed by atoms with Gasteiger partial charge in [-0.05, 0) is 42.9 Å². The lowest BCUT2D eigenvalue weighted by Gasteiger charge is -2.36. The Kier molecular flexibility index (Phi) is 6.86. The average Bonchev–Trinajstić information content (AvgIpc) is 3.46. The van der Waals surface area contributed by atoms with Gasteiger partial charge >= 0.3 is 5.97 Å². The number of methoxy groups -OCH3 is 2. The number of benzene rings is 1. The number of amides is 1. The predicted molar refractivity (Wildman–Crippen MR) is 122 cm³/mol. The Morgan fingerprint density at radius 1 is 1.28 bits per heavy atom. The molecule has 3 aliphatic rings. The first-order valence-electron chi connectivity index (χ1n) is 10.6. The van der Waals surface area contributed by atoms with Crippen molar-refractivity contribution in [3.05, 3.63) is 52.2 Å². The van der Waals surface area contributed by atoms with Gasteiger partial charge in [-0.25, -0.2) is 9.79 Å². The highest BCUT2D eigenvalue weighted by Crippen LogP contribution is 2.45. The Bertz CT molecular complexity index is 980. The Labute approximate surface area is 191 Å². The molecule has 1 fully saturated rings. The summed E-state index contributed by atoms with van der Waals surface area (Å²) >= 11 is 1.45. The molecule has 0 radical (unpaired) electrons. The van der Waals surface area contributed by atoms with E-state index in [0.29, 0.717) is 17.8 Å². The molecule has 1 N–H and O–H groups in total. The number of carbonyl (C=O) groups is 2. The number of nitrogens with one attached hydrogen (secondary N) is 1. The van der Waals surface area contributed by atoms with Crippen LogP contribution in [0.15, 0.2) is 51.6 Å². The zero-order valence-electron chi connectivity index (χ0n) is 18.4. The smallest absolute Gasteiger partial charge is 0.338 e. The molecular formula is C23H27N3O5S. The van der Waals surface area contributed by atoms with Crippen LogP contribution in [0.3, 0.4) is 0 Å². The zero-order chi connectivity index (χ0) is 22.7. The second kappa shape index (κ2) is 9.79. The summed E-state index contributed by atoms with van der Waals surface area (Å²) in [6.45, 7) is 3.07. The molecule has 1 amide bonds. The SMILES string of the molecule is COC(=O)C1=C(C)N=C2SC=C(CC(=O)NCC3CCCO3)N2C1c1ccc(OC)cc1. The largest absolute Gasteiger partial charge is 0.497 e. The maximum Gasteiger partial charge on any atom is 0.338 e. The highest BCUT2D eigenvalue weighted by Gasteiger charge is 2.41. The van der Waals surface area contributed by atoms with Crippen LogP contribution in [-0.4, -0.2) is 55.4 Å². The number of allylic oxidation sites excluding steroid dienone is 1. The maximum atomic E-state index is 12.7. The van der Waals surface area contributed by atoms with Crippen molar-refractivity contribution in [3.8, 4) is 5.75 Å². The number of hydrogen-bond acceptors (Lipinski definition) is 8. The van der Waals surface area contributed by atoms with Crippen LogP contribution in [0.4, 0.5) is 0 Å². The number of amidine groups is 1. The Morgan fingerprint density at radius 3 is 2.72 bits per heavy atom. The summed E-state index contributed by atoms with van der Waals surface area (Å²) in [6, 6.07) is 7.09. The summed E-state index contributed by atoms with van der Waals surface area (Å²) in [5, 5.41) is 5.63. The molecule has 3 heterocycles. The second-order valence-electron chi connectivity index (χ2n) is 7.77. The Balaban J connectivity index is 1.59. The third-order valence-electron chi connectivity index (χ3n) is 5.73. The minimum atomic E-state index is -0.451. The van der Waals surface area contributed by atoms with Gasteiger partial charge in [-0.3, -0.25) is 4.79 Å². The van der Waals surface area contributed by atoms with Gasteiger partial charge in [-0.1, -0.05) is 23.9 Å². The van der Waals surface area contributed by atoms with Gasteiger partial charge in [0, 0.05) is 18.8 Å². The van der Waals surface area contributed by atoms with Crippen LogP contribution in [0.25, 0.3) is 0 Å². The van der Waals surface area contributed by atoms with E-state index >= 15 is 0 Å². The van der Waals surface area contributed by atoms with E-state index in [1.165, 1.54) is 18.9 Å². The molecule has 2 unspecified atom stereocenters. The molecule has 1 aromatic rings. The van der Waals surface area contributed by atoms with E-state index in [1.807, 2.05) is 34.6 Å². The van der Waals surface area contributed by atoms with Crippen molar-refractivity contribution in [2.24, 2.45) is 4.99 Å². The lowest BCUT2D eigenvalue weighted by atomic mass is 9.94. The zero-order valence-corrected chi connectivity index (χ0v) is 19.2. The topological polar surface area (TPSA) is 89.5 Å². The molecule has 3 aliphatic heterocycles. The third-order valence-corrected chi connectivity index (χ3v) is 6.62. The third kappa shape index (κ3) is 4.54. The number of thioether (sulfide) groups is 1. The van der Waals surface area contributed by atoms with Gasteiger partial charge in [0.15, 0.2) is 5.17 Å². The maximum absolute atomic E-state index is 12.7. The number of carbonyl (C=O) groups excluding carboxylic acids is 2. The lowest BCUT2D eigenvalue weighted by molar-refractivity contribution is -0.136. The molecule has 0 bridgehead atoms. The van der Waals surface area contributed by atoms with Crippen molar-refractivity contribution in [2.75, 3.05) is 27.4 Å². The molecule has 4 rings (SSSR count). The number of fused-ring (bicyclic) bond motifs is 1. The van der Waals surface area contributed by atoms with E-state index in [9.17, 15) is 9.59 Å². The van der Waals surface area contributed by atoms with Gasteiger partial charge in [0.05, 0.1) is 44.1 Å². The fourth-order valence-corrected chi connectivity index (χ4v) is 5.07. The van der Waals surface area contributed by atoms with Crippen molar-refractivity contribution < 1.29 is 23.8 Å². The number of esters is 1. The number of ether oxygens (including phenoxy) is 3. The van der Waals surface area contributed by atoms with Crippen LogP contribution in [0.5, 0.6) is 5.75 Å². The van der Waals surface area contributed by atoms with Crippen molar-refractivity contribution in [1.82, 2.24) is 10.2 Å². The molecule has 32 heavy (non-hydrogen) atoms. The van der Waals surface area contributed by atoms with Gasteiger partial charge in [0.25, 0.3) is 0 Å². The minimum absolute atomic E-state index is 0.0848. The van der Waals surface area contributed by atoms with Crippen molar-refractivity contribution in [3.63, 3.8) is 0 Å². The van der Waals surface area contributed by atoms with Crippen molar-refractivity contribution in [2.45, 2.75) is 38.3 Å². The number of aliphatic imine (C=N–C) groups is 1. The highest BCUT2D eigenvalue weighted by atomic mass is 32.2. The summed E-state index contributed by atoms with van der Waals surface area (Å²) in [6.07, 6.45) is 2.26. The standard InChI is InChI=1S/C23H27N3O5S/c1-14-20(22(28)30-3)21(15-6-8-17(29-2)9-7-15)26-16(13-32-23(26)25-14)11-19(27)24-12-18-5-4-10-31-18/h6-9,13,18,21H,4-5,10-12H2,1-3H3,(H,24,27). The first-order chi connectivity index (χ1) is 15.5. The molecule has 0 saturated carbocycles. The molecule has 0 aromatic heterocycles. The highest BCUT2D eigenvalue weighted by molar-refractivity contribution is 8.16. The van der Waals surface area contributed by atoms with E-state index in [-0.39, 0.29) is 18.4 Å². The van der Waals surface area contributed by atoms with Crippen LogP contribution in [0.2, 0.25) is 0 Å². The number of nitrogens with zero attached hydrogens (tertiary/aromatic N) is 2. The van der Waals surface area contributed by atoms with Gasteiger partial charge in [-0.15, -0.1) is 0 Å². The molecular weight excluding hydrogens is 430 g/mol. The van der Waals surface area contributed by atoms with Gasteiger partial charge in [-0.2, -0.15) is 0 Å². The molecule has 0 spiro atoms. The minimum Gasteiger partial charge on any atom is -0.497 e. The molecule has 0 aliphatic carbocycles. The average molecular weight is 458 g/mol. The normalized spacial score (nSPS) is 22.3. The van der Waals surface area contributed by atoms with E-state index in [0.717, 1.165) is 41.6 Å². The molecule has 1 saturated heterocycles. The van der Waals surface area contributed by atoms with Crippen molar-refractivity contribution in [1.29, 1.82) is 0 Å². The monoisotopic (exact) mass is 457 g/mol. The predicted octanol–water partition coefficient (Wildman–Crippen LogP) is 3.13. The first-order valence-corrected chi connectivity index (χ1v) is 11.4. The molecule has 1 aromatic carbocycles. The van der Waals surface area contributed by atoms with E-state index in [4.69, 9.17) is 14.2 Å².